The molecular weight excluding hydrogens is 458 g/mol. The maximum absolute atomic E-state index is 13.0. The van der Waals surface area contributed by atoms with Crippen LogP contribution in [0.1, 0.15) is 26.7 Å². The number of methoxy groups -OCH3 is 1. The number of fused-ring (bicyclic) bond motifs is 1. The van der Waals surface area contributed by atoms with E-state index in [2.05, 4.69) is 0 Å². The van der Waals surface area contributed by atoms with E-state index in [1.807, 2.05) is 0 Å². The van der Waals surface area contributed by atoms with Crippen molar-refractivity contribution in [1.82, 2.24) is 4.90 Å². The topological polar surface area (TPSA) is 122 Å². The first-order valence-corrected chi connectivity index (χ1v) is 10.9. The number of hydrogen-bond acceptors (Lipinski definition) is 9. The van der Waals surface area contributed by atoms with Crippen molar-refractivity contribution in [2.75, 3.05) is 20.2 Å². The van der Waals surface area contributed by atoms with Gasteiger partial charge >= 0.3 is 18.0 Å². The van der Waals surface area contributed by atoms with E-state index in [-0.39, 0.29) is 34.0 Å². The average molecular weight is 481 g/mol. The molecule has 2 aromatic carbocycles. The predicted octanol–water partition coefficient (Wildman–Crippen LogP) is 3.91. The fourth-order valence-corrected chi connectivity index (χ4v) is 3.81. The number of carbonyl (C=O) groups excluding carboxylic acids is 3. The standard InChI is InChI=1S/C25H23NO9/c1-14(27)32-21-13-20-22(24(31-3)23(21)33-15(2)28)18(29)12-19(35-20)16-6-8-17(9-7-16)34-25(30)26-10-4-5-11-26/h6-9,12-13H,4-5,10-11H2,1-3H3. The highest BCUT2D eigenvalue weighted by atomic mass is 16.6. The molecule has 0 spiro atoms. The summed E-state index contributed by atoms with van der Waals surface area (Å²) in [6, 6.07) is 9.04. The van der Waals surface area contributed by atoms with E-state index in [9.17, 15) is 19.2 Å². The Morgan fingerprint density at radius 1 is 0.886 bits per heavy atom. The van der Waals surface area contributed by atoms with Crippen LogP contribution in [0.4, 0.5) is 4.79 Å². The minimum atomic E-state index is -0.692. The van der Waals surface area contributed by atoms with Crippen LogP contribution in [0.2, 0.25) is 0 Å². The maximum atomic E-state index is 13.0. The van der Waals surface area contributed by atoms with Crippen molar-refractivity contribution in [2.45, 2.75) is 26.7 Å². The van der Waals surface area contributed by atoms with Gasteiger partial charge in [-0.25, -0.2) is 4.79 Å². The van der Waals surface area contributed by atoms with E-state index in [1.165, 1.54) is 33.1 Å². The summed E-state index contributed by atoms with van der Waals surface area (Å²) in [6.45, 7) is 3.70. The first-order valence-electron chi connectivity index (χ1n) is 10.9. The first-order chi connectivity index (χ1) is 16.8. The quantitative estimate of drug-likeness (QED) is 0.394. The van der Waals surface area contributed by atoms with Gasteiger partial charge < -0.3 is 28.3 Å². The second-order valence-electron chi connectivity index (χ2n) is 7.86. The van der Waals surface area contributed by atoms with Crippen LogP contribution in [0.15, 0.2) is 45.6 Å². The van der Waals surface area contributed by atoms with Crippen LogP contribution in [0.5, 0.6) is 23.0 Å². The van der Waals surface area contributed by atoms with Gasteiger partial charge in [0.05, 0.1) is 7.11 Å². The SMILES string of the molecule is COc1c(OC(C)=O)c(OC(C)=O)cc2oc(-c3ccc(OC(=O)N4CCCC4)cc3)cc(=O)c12. The largest absolute Gasteiger partial charge is 0.492 e. The number of likely N-dealkylation sites (tertiary alicyclic amines) is 1. The highest BCUT2D eigenvalue weighted by Gasteiger charge is 2.24. The molecule has 35 heavy (non-hydrogen) atoms. The Hall–Kier alpha value is -4.34. The predicted molar refractivity (Wildman–Crippen MR) is 124 cm³/mol. The van der Waals surface area contributed by atoms with Gasteiger partial charge in [0, 0.05) is 44.6 Å². The molecule has 0 saturated carbocycles. The van der Waals surface area contributed by atoms with Gasteiger partial charge in [0.25, 0.3) is 0 Å². The van der Waals surface area contributed by atoms with Gasteiger partial charge in [0.2, 0.25) is 5.75 Å². The van der Waals surface area contributed by atoms with Gasteiger partial charge in [-0.2, -0.15) is 0 Å². The van der Waals surface area contributed by atoms with Crippen molar-refractivity contribution in [3.8, 4) is 34.3 Å². The van der Waals surface area contributed by atoms with Crippen molar-refractivity contribution in [1.29, 1.82) is 0 Å². The second-order valence-corrected chi connectivity index (χ2v) is 7.86. The Bertz CT molecular complexity index is 1350. The number of amides is 1. The molecule has 1 fully saturated rings. The lowest BCUT2D eigenvalue weighted by atomic mass is 10.1. The third kappa shape index (κ3) is 5.11. The molecule has 3 aromatic rings. The Morgan fingerprint density at radius 2 is 1.54 bits per heavy atom. The minimum absolute atomic E-state index is 0.0135. The maximum Gasteiger partial charge on any atom is 0.415 e. The number of ether oxygens (including phenoxy) is 4. The molecule has 10 nitrogen and oxygen atoms in total. The van der Waals surface area contributed by atoms with E-state index >= 15 is 0 Å². The van der Waals surface area contributed by atoms with Crippen molar-refractivity contribution in [2.24, 2.45) is 0 Å². The molecule has 0 unspecified atom stereocenters. The Balaban J connectivity index is 1.72. The van der Waals surface area contributed by atoms with Gasteiger partial charge in [-0.15, -0.1) is 0 Å². The minimum Gasteiger partial charge on any atom is -0.492 e. The number of rotatable bonds is 5. The molecule has 4 rings (SSSR count). The molecule has 10 heteroatoms. The zero-order valence-corrected chi connectivity index (χ0v) is 19.4. The summed E-state index contributed by atoms with van der Waals surface area (Å²) in [6.07, 6.45) is 1.52. The van der Waals surface area contributed by atoms with E-state index in [1.54, 1.807) is 29.2 Å². The first kappa shape index (κ1) is 23.8. The van der Waals surface area contributed by atoms with Crippen LogP contribution >= 0.6 is 0 Å². The molecule has 1 amide bonds. The second kappa shape index (κ2) is 9.88. The third-order valence-corrected chi connectivity index (χ3v) is 5.31. The van der Waals surface area contributed by atoms with Crippen LogP contribution in [-0.4, -0.2) is 43.1 Å². The van der Waals surface area contributed by atoms with Crippen LogP contribution in [-0.2, 0) is 9.59 Å². The molecule has 1 aliphatic heterocycles. The summed E-state index contributed by atoms with van der Waals surface area (Å²) in [5.74, 6) is -1.22. The van der Waals surface area contributed by atoms with Crippen molar-refractivity contribution in [3.05, 3.63) is 46.6 Å². The number of benzene rings is 2. The molecular formula is C25H23NO9. The highest BCUT2D eigenvalue weighted by molar-refractivity contribution is 5.92. The van der Waals surface area contributed by atoms with E-state index in [4.69, 9.17) is 23.4 Å². The lowest BCUT2D eigenvalue weighted by Gasteiger charge is -2.15. The van der Waals surface area contributed by atoms with Crippen LogP contribution < -0.4 is 24.4 Å². The summed E-state index contributed by atoms with van der Waals surface area (Å²) in [5, 5.41) is 0.0135. The van der Waals surface area contributed by atoms with Gasteiger partial charge in [-0.05, 0) is 37.1 Å². The smallest absolute Gasteiger partial charge is 0.415 e. The van der Waals surface area contributed by atoms with Gasteiger partial charge in [-0.3, -0.25) is 14.4 Å². The van der Waals surface area contributed by atoms with E-state index in [0.717, 1.165) is 12.8 Å². The van der Waals surface area contributed by atoms with Crippen molar-refractivity contribution < 1.29 is 37.7 Å². The van der Waals surface area contributed by atoms with Gasteiger partial charge in [-0.1, -0.05) is 0 Å². The zero-order chi connectivity index (χ0) is 25.1. The fraction of sp³-hybridized carbons (Fsp3) is 0.280. The molecule has 0 aliphatic carbocycles. The molecule has 0 atom stereocenters. The highest BCUT2D eigenvalue weighted by Crippen LogP contribution is 2.43. The lowest BCUT2D eigenvalue weighted by molar-refractivity contribution is -0.134. The number of nitrogens with zero attached hydrogens (tertiary/aromatic N) is 1. The van der Waals surface area contributed by atoms with Gasteiger partial charge in [0.1, 0.15) is 22.5 Å². The molecule has 1 saturated heterocycles. The molecule has 0 bridgehead atoms. The Labute approximate surface area is 199 Å². The monoisotopic (exact) mass is 481 g/mol. The summed E-state index contributed by atoms with van der Waals surface area (Å²) >= 11 is 0. The van der Waals surface area contributed by atoms with Gasteiger partial charge in [0.15, 0.2) is 16.9 Å². The number of esters is 2. The summed E-state index contributed by atoms with van der Waals surface area (Å²) in [7, 11) is 1.29. The van der Waals surface area contributed by atoms with Crippen molar-refractivity contribution >= 4 is 29.0 Å². The zero-order valence-electron chi connectivity index (χ0n) is 19.4. The molecule has 0 N–H and O–H groups in total. The number of carbonyl (C=O) groups is 3. The summed E-state index contributed by atoms with van der Waals surface area (Å²) in [5.41, 5.74) is 0.133. The van der Waals surface area contributed by atoms with E-state index < -0.39 is 23.5 Å². The Kier molecular flexibility index (Phi) is 6.72. The molecule has 1 aromatic heterocycles. The summed E-state index contributed by atoms with van der Waals surface area (Å²) in [4.78, 5) is 50.1. The molecule has 2 heterocycles. The average Bonchev–Trinajstić information content (AvgIpc) is 3.34. The van der Waals surface area contributed by atoms with E-state index in [0.29, 0.717) is 24.4 Å². The van der Waals surface area contributed by atoms with Crippen molar-refractivity contribution in [3.63, 3.8) is 0 Å². The fourth-order valence-electron chi connectivity index (χ4n) is 3.81. The van der Waals surface area contributed by atoms with Crippen LogP contribution in [0.25, 0.3) is 22.3 Å². The molecule has 0 radical (unpaired) electrons. The normalized spacial score (nSPS) is 12.9. The van der Waals surface area contributed by atoms with Crippen LogP contribution in [0.3, 0.4) is 0 Å². The third-order valence-electron chi connectivity index (χ3n) is 5.31. The van der Waals surface area contributed by atoms with Crippen LogP contribution in [0, 0.1) is 0 Å². The number of hydrogen-bond donors (Lipinski definition) is 0. The lowest BCUT2D eigenvalue weighted by Crippen LogP contribution is -2.30. The molecule has 182 valence electrons. The molecule has 1 aliphatic rings. The Morgan fingerprint density at radius 3 is 2.14 bits per heavy atom. The summed E-state index contributed by atoms with van der Waals surface area (Å²) < 4.78 is 27.0.